The number of benzene rings is 2. The molecule has 6 heteroatoms. The molecule has 0 fully saturated rings. The number of anilines is 1. The number of amides is 1. The smallest absolute Gasteiger partial charge is 0.231 e. The maximum atomic E-state index is 12.7. The van der Waals surface area contributed by atoms with Gasteiger partial charge in [-0.25, -0.2) is 4.98 Å². The molecule has 0 aliphatic heterocycles. The van der Waals surface area contributed by atoms with Crippen molar-refractivity contribution in [2.75, 3.05) is 5.32 Å². The minimum atomic E-state index is -0.187. The van der Waals surface area contributed by atoms with Crippen molar-refractivity contribution < 1.29 is 9.53 Å². The molecule has 0 saturated carbocycles. The summed E-state index contributed by atoms with van der Waals surface area (Å²) >= 11 is 0. The lowest BCUT2D eigenvalue weighted by molar-refractivity contribution is -0.117. The Morgan fingerprint density at radius 3 is 2.39 bits per heavy atom. The van der Waals surface area contributed by atoms with Gasteiger partial charge in [-0.05, 0) is 55.3 Å². The van der Waals surface area contributed by atoms with E-state index < -0.39 is 0 Å². The van der Waals surface area contributed by atoms with E-state index in [1.54, 1.807) is 6.07 Å². The minimum Gasteiger partial charge on any atom is -0.439 e. The number of aromatic nitrogens is 3. The maximum Gasteiger partial charge on any atom is 0.231 e. The summed E-state index contributed by atoms with van der Waals surface area (Å²) in [6.45, 7) is 3.84. The highest BCUT2D eigenvalue weighted by Crippen LogP contribution is 2.25. The van der Waals surface area contributed by atoms with Crippen molar-refractivity contribution >= 4 is 11.6 Å². The molecule has 2 aromatic carbocycles. The van der Waals surface area contributed by atoms with Gasteiger partial charge in [-0.3, -0.25) is 4.79 Å². The minimum absolute atomic E-state index is 0.0230. The summed E-state index contributed by atoms with van der Waals surface area (Å²) in [5, 5.41) is 3.00. The van der Waals surface area contributed by atoms with E-state index >= 15 is 0 Å². The van der Waals surface area contributed by atoms with E-state index in [0.29, 0.717) is 17.5 Å². The first-order chi connectivity index (χ1) is 15.1. The summed E-state index contributed by atoms with van der Waals surface area (Å²) in [6.07, 6.45) is 4.57. The van der Waals surface area contributed by atoms with Crippen LogP contribution >= 0.6 is 0 Å². The molecular weight excluding hydrogens is 388 g/mol. The molecule has 6 nitrogen and oxygen atoms in total. The van der Waals surface area contributed by atoms with Gasteiger partial charge in [-0.15, -0.1) is 0 Å². The van der Waals surface area contributed by atoms with Crippen LogP contribution in [0.1, 0.15) is 30.7 Å². The number of hydrogen-bond acceptors (Lipinski definition) is 4. The predicted octanol–water partition coefficient (Wildman–Crippen LogP) is 5.50. The molecule has 0 radical (unpaired) electrons. The number of carbonyl (C=O) groups is 1. The van der Waals surface area contributed by atoms with Gasteiger partial charge in [-0.1, -0.05) is 37.3 Å². The van der Waals surface area contributed by atoms with Crippen LogP contribution in [-0.2, 0) is 4.79 Å². The molecule has 156 valence electrons. The SMILES string of the molecule is CCC(C(=O)Nc1ccc(Oc2cc(-n3cccc3)nc(C)n2)cc1)c1ccccc1. The van der Waals surface area contributed by atoms with Gasteiger partial charge in [-0.2, -0.15) is 4.98 Å². The predicted molar refractivity (Wildman–Crippen MR) is 121 cm³/mol. The van der Waals surface area contributed by atoms with Crippen LogP contribution in [0.25, 0.3) is 5.82 Å². The topological polar surface area (TPSA) is 69.0 Å². The quantitative estimate of drug-likeness (QED) is 0.435. The third-order valence-corrected chi connectivity index (χ3v) is 4.94. The van der Waals surface area contributed by atoms with Gasteiger partial charge < -0.3 is 14.6 Å². The Balaban J connectivity index is 1.45. The van der Waals surface area contributed by atoms with Gasteiger partial charge in [0.15, 0.2) is 0 Å². The molecule has 0 spiro atoms. The van der Waals surface area contributed by atoms with Gasteiger partial charge in [0.05, 0.1) is 5.92 Å². The van der Waals surface area contributed by atoms with Gasteiger partial charge >= 0.3 is 0 Å². The van der Waals surface area contributed by atoms with E-state index in [1.165, 1.54) is 0 Å². The van der Waals surface area contributed by atoms with E-state index in [9.17, 15) is 4.79 Å². The van der Waals surface area contributed by atoms with Crippen molar-refractivity contribution in [2.45, 2.75) is 26.2 Å². The Kier molecular flexibility index (Phi) is 6.08. The summed E-state index contributed by atoms with van der Waals surface area (Å²) < 4.78 is 7.82. The zero-order chi connectivity index (χ0) is 21.6. The normalized spacial score (nSPS) is 11.7. The fourth-order valence-corrected chi connectivity index (χ4v) is 3.41. The summed E-state index contributed by atoms with van der Waals surface area (Å²) in [5.41, 5.74) is 1.73. The van der Waals surface area contributed by atoms with Gasteiger partial charge in [0.1, 0.15) is 17.4 Å². The molecule has 4 aromatic rings. The summed E-state index contributed by atoms with van der Waals surface area (Å²) in [6, 6.07) is 22.8. The molecule has 0 aliphatic rings. The molecule has 2 heterocycles. The Hall–Kier alpha value is -3.93. The molecule has 1 unspecified atom stereocenters. The number of nitrogens with zero attached hydrogens (tertiary/aromatic N) is 3. The first kappa shape index (κ1) is 20.3. The Morgan fingerprint density at radius 2 is 1.71 bits per heavy atom. The van der Waals surface area contributed by atoms with E-state index in [4.69, 9.17) is 4.74 Å². The van der Waals surface area contributed by atoms with Crippen LogP contribution in [0.4, 0.5) is 5.69 Å². The molecular formula is C25H24N4O2. The Morgan fingerprint density at radius 1 is 1.00 bits per heavy atom. The number of aryl methyl sites for hydroxylation is 1. The Labute approximate surface area is 181 Å². The fourth-order valence-electron chi connectivity index (χ4n) is 3.41. The molecule has 0 saturated heterocycles. The van der Waals surface area contributed by atoms with E-state index in [-0.39, 0.29) is 11.8 Å². The summed E-state index contributed by atoms with van der Waals surface area (Å²) in [4.78, 5) is 21.5. The van der Waals surface area contributed by atoms with E-state index in [2.05, 4.69) is 15.3 Å². The van der Waals surface area contributed by atoms with Gasteiger partial charge in [0, 0.05) is 24.1 Å². The number of rotatable bonds is 7. The highest BCUT2D eigenvalue weighted by molar-refractivity contribution is 5.95. The first-order valence-corrected chi connectivity index (χ1v) is 10.2. The zero-order valence-corrected chi connectivity index (χ0v) is 17.5. The van der Waals surface area contributed by atoms with Crippen molar-refractivity contribution in [3.8, 4) is 17.4 Å². The standard InChI is InChI=1S/C25H24N4O2/c1-3-22(19-9-5-4-6-10-19)25(30)28-20-11-13-21(14-12-20)31-24-17-23(26-18(2)27-24)29-15-7-8-16-29/h4-17,22H,3H2,1-2H3,(H,28,30). The lowest BCUT2D eigenvalue weighted by atomic mass is 9.95. The van der Waals surface area contributed by atoms with Crippen molar-refractivity contribution in [3.63, 3.8) is 0 Å². The fraction of sp³-hybridized carbons (Fsp3) is 0.160. The molecule has 0 bridgehead atoms. The van der Waals surface area contributed by atoms with Gasteiger partial charge in [0.2, 0.25) is 11.8 Å². The van der Waals surface area contributed by atoms with Crippen LogP contribution < -0.4 is 10.1 Å². The molecule has 31 heavy (non-hydrogen) atoms. The van der Waals surface area contributed by atoms with Crippen molar-refractivity contribution in [1.29, 1.82) is 0 Å². The molecule has 2 aromatic heterocycles. The number of hydrogen-bond donors (Lipinski definition) is 1. The van der Waals surface area contributed by atoms with Crippen LogP contribution in [0.5, 0.6) is 11.6 Å². The van der Waals surface area contributed by atoms with Crippen molar-refractivity contribution in [1.82, 2.24) is 14.5 Å². The first-order valence-electron chi connectivity index (χ1n) is 10.2. The number of ether oxygens (including phenoxy) is 1. The number of carbonyl (C=O) groups excluding carboxylic acids is 1. The van der Waals surface area contributed by atoms with Crippen LogP contribution in [-0.4, -0.2) is 20.4 Å². The second-order valence-electron chi connectivity index (χ2n) is 7.19. The average molecular weight is 412 g/mol. The van der Waals surface area contributed by atoms with Crippen LogP contribution in [0.15, 0.2) is 85.2 Å². The summed E-state index contributed by atoms with van der Waals surface area (Å²) in [7, 11) is 0. The zero-order valence-electron chi connectivity index (χ0n) is 17.5. The third-order valence-electron chi connectivity index (χ3n) is 4.94. The molecule has 0 aliphatic carbocycles. The largest absolute Gasteiger partial charge is 0.439 e. The molecule has 4 rings (SSSR count). The maximum absolute atomic E-state index is 12.7. The second kappa shape index (κ2) is 9.26. The van der Waals surface area contributed by atoms with Crippen LogP contribution in [0.2, 0.25) is 0 Å². The second-order valence-corrected chi connectivity index (χ2v) is 7.19. The van der Waals surface area contributed by atoms with Crippen molar-refractivity contribution in [2.24, 2.45) is 0 Å². The van der Waals surface area contributed by atoms with Crippen LogP contribution in [0, 0.1) is 6.92 Å². The summed E-state index contributed by atoms with van der Waals surface area (Å²) in [5.74, 6) is 2.24. The highest BCUT2D eigenvalue weighted by atomic mass is 16.5. The number of nitrogens with one attached hydrogen (secondary N) is 1. The third kappa shape index (κ3) is 4.98. The lowest BCUT2D eigenvalue weighted by Gasteiger charge is -2.15. The van der Waals surface area contributed by atoms with E-state index in [0.717, 1.165) is 23.5 Å². The van der Waals surface area contributed by atoms with Gasteiger partial charge in [0.25, 0.3) is 0 Å². The average Bonchev–Trinajstić information content (AvgIpc) is 3.31. The van der Waals surface area contributed by atoms with Crippen molar-refractivity contribution in [3.05, 3.63) is 96.6 Å². The molecule has 1 atom stereocenters. The van der Waals surface area contributed by atoms with E-state index in [1.807, 2.05) is 97.5 Å². The molecule has 1 N–H and O–H groups in total. The Bertz CT molecular complexity index is 1140. The monoisotopic (exact) mass is 412 g/mol. The molecule has 1 amide bonds. The highest BCUT2D eigenvalue weighted by Gasteiger charge is 2.18. The lowest BCUT2D eigenvalue weighted by Crippen LogP contribution is -2.20. The van der Waals surface area contributed by atoms with Crippen LogP contribution in [0.3, 0.4) is 0 Å².